The van der Waals surface area contributed by atoms with E-state index in [2.05, 4.69) is 35.9 Å². The lowest BCUT2D eigenvalue weighted by Gasteiger charge is -2.10. The van der Waals surface area contributed by atoms with Crippen molar-refractivity contribution in [2.24, 2.45) is 0 Å². The fraction of sp³-hybridized carbons (Fsp3) is 0.444. The number of nitrogens with one attached hydrogen (secondary N) is 2. The number of ether oxygens (including phenoxy) is 2. The highest BCUT2D eigenvalue weighted by Crippen LogP contribution is 2.22. The van der Waals surface area contributed by atoms with E-state index in [-0.39, 0.29) is 0 Å². The Bertz CT molecular complexity index is 465. The van der Waals surface area contributed by atoms with Crippen molar-refractivity contribution in [1.82, 2.24) is 35.9 Å². The van der Waals surface area contributed by atoms with Crippen molar-refractivity contribution < 1.29 is 9.47 Å². The van der Waals surface area contributed by atoms with Gasteiger partial charge in [-0.05, 0) is 0 Å². The van der Waals surface area contributed by atoms with Gasteiger partial charge in [0, 0.05) is 6.54 Å². The van der Waals surface area contributed by atoms with Crippen LogP contribution in [-0.2, 0) is 13.1 Å². The highest BCUT2D eigenvalue weighted by molar-refractivity contribution is 5.34. The molecule has 0 atom stereocenters. The predicted molar refractivity (Wildman–Crippen MR) is 59.9 cm³/mol. The molecule has 0 saturated heterocycles. The lowest BCUT2D eigenvalue weighted by molar-refractivity contribution is 0.359. The molecule has 0 bridgehead atoms. The Morgan fingerprint density at radius 1 is 1.17 bits per heavy atom. The molecule has 0 aliphatic heterocycles. The van der Waals surface area contributed by atoms with Crippen LogP contribution in [-0.4, -0.2) is 44.8 Å². The number of tetrazole rings is 1. The van der Waals surface area contributed by atoms with Crippen molar-refractivity contribution in [1.29, 1.82) is 0 Å². The van der Waals surface area contributed by atoms with Crippen LogP contribution in [0.4, 0.5) is 0 Å². The zero-order valence-electron chi connectivity index (χ0n) is 10.0. The van der Waals surface area contributed by atoms with Crippen molar-refractivity contribution in [2.45, 2.75) is 13.1 Å². The summed E-state index contributed by atoms with van der Waals surface area (Å²) in [5, 5.41) is 16.6. The van der Waals surface area contributed by atoms with Crippen LogP contribution < -0.4 is 14.8 Å². The minimum Gasteiger partial charge on any atom is -0.481 e. The smallest absolute Gasteiger partial charge is 0.224 e. The van der Waals surface area contributed by atoms with E-state index in [9.17, 15) is 0 Å². The molecule has 9 nitrogen and oxygen atoms in total. The Labute approximate surface area is 103 Å². The first kappa shape index (κ1) is 12.2. The van der Waals surface area contributed by atoms with Gasteiger partial charge in [0.25, 0.3) is 0 Å². The first-order valence-electron chi connectivity index (χ1n) is 5.20. The Hall–Kier alpha value is -2.29. The fourth-order valence-electron chi connectivity index (χ4n) is 1.44. The highest BCUT2D eigenvalue weighted by atomic mass is 16.5. The van der Waals surface area contributed by atoms with E-state index >= 15 is 0 Å². The molecule has 96 valence electrons. The van der Waals surface area contributed by atoms with Crippen LogP contribution in [0, 0.1) is 0 Å². The maximum atomic E-state index is 5.15. The van der Waals surface area contributed by atoms with Gasteiger partial charge in [0.15, 0.2) is 5.82 Å². The lowest BCUT2D eigenvalue weighted by Crippen LogP contribution is -2.16. The Morgan fingerprint density at radius 2 is 1.89 bits per heavy atom. The summed E-state index contributed by atoms with van der Waals surface area (Å²) in [5.74, 6) is 1.52. The number of hydrogen-bond acceptors (Lipinski definition) is 8. The standard InChI is InChI=1S/C9H13N7O2/c1-17-8-6(9(18-2)12-5-11-8)3-10-4-7-13-15-16-14-7/h5,10H,3-4H2,1-2H3,(H,13,14,15,16). The number of hydrogen-bond donors (Lipinski definition) is 2. The molecule has 2 N–H and O–H groups in total. The van der Waals surface area contributed by atoms with Gasteiger partial charge in [-0.25, -0.2) is 9.97 Å². The number of rotatable bonds is 6. The molecule has 2 aromatic rings. The molecule has 2 aromatic heterocycles. The summed E-state index contributed by atoms with van der Waals surface area (Å²) in [7, 11) is 3.09. The Kier molecular flexibility index (Phi) is 3.97. The fourth-order valence-corrected chi connectivity index (χ4v) is 1.44. The molecule has 0 amide bonds. The zero-order valence-corrected chi connectivity index (χ0v) is 10.0. The van der Waals surface area contributed by atoms with Gasteiger partial charge in [-0.3, -0.25) is 0 Å². The average Bonchev–Trinajstić information content (AvgIpc) is 2.92. The van der Waals surface area contributed by atoms with Crippen LogP contribution in [0.5, 0.6) is 11.8 Å². The lowest BCUT2D eigenvalue weighted by atomic mass is 10.3. The minimum absolute atomic E-state index is 0.470. The molecule has 0 spiro atoms. The number of aromatic nitrogens is 6. The van der Waals surface area contributed by atoms with Gasteiger partial charge in [0.2, 0.25) is 11.8 Å². The molecule has 0 radical (unpaired) electrons. The molecule has 18 heavy (non-hydrogen) atoms. The molecule has 0 saturated carbocycles. The van der Waals surface area contributed by atoms with Gasteiger partial charge in [-0.1, -0.05) is 5.21 Å². The first-order chi connectivity index (χ1) is 8.85. The SMILES string of the molecule is COc1ncnc(OC)c1CNCc1nn[nH]n1. The maximum absolute atomic E-state index is 5.15. The second-order valence-corrected chi connectivity index (χ2v) is 3.30. The summed E-state index contributed by atoms with van der Waals surface area (Å²) < 4.78 is 10.3. The molecule has 9 heteroatoms. The zero-order chi connectivity index (χ0) is 12.8. The van der Waals surface area contributed by atoms with Crippen molar-refractivity contribution in [2.75, 3.05) is 14.2 Å². The first-order valence-corrected chi connectivity index (χ1v) is 5.20. The summed E-state index contributed by atoms with van der Waals surface area (Å²) >= 11 is 0. The third-order valence-corrected chi connectivity index (χ3v) is 2.23. The number of nitrogens with zero attached hydrogens (tertiary/aromatic N) is 5. The van der Waals surface area contributed by atoms with Crippen LogP contribution in [0.3, 0.4) is 0 Å². The third-order valence-electron chi connectivity index (χ3n) is 2.23. The molecular weight excluding hydrogens is 238 g/mol. The van der Waals surface area contributed by atoms with Crippen LogP contribution in [0.2, 0.25) is 0 Å². The van der Waals surface area contributed by atoms with E-state index in [1.165, 1.54) is 6.33 Å². The summed E-state index contributed by atoms with van der Waals surface area (Å²) in [4.78, 5) is 8.04. The van der Waals surface area contributed by atoms with Crippen molar-refractivity contribution in [3.8, 4) is 11.8 Å². The van der Waals surface area contributed by atoms with Crippen molar-refractivity contribution >= 4 is 0 Å². The third kappa shape index (κ3) is 2.69. The van der Waals surface area contributed by atoms with E-state index < -0.39 is 0 Å². The molecule has 0 aliphatic rings. The number of H-pyrrole nitrogens is 1. The normalized spacial score (nSPS) is 10.3. The highest BCUT2D eigenvalue weighted by Gasteiger charge is 2.12. The molecule has 2 rings (SSSR count). The number of aromatic amines is 1. The molecule has 2 heterocycles. The van der Waals surface area contributed by atoms with Crippen LogP contribution in [0.15, 0.2) is 6.33 Å². The van der Waals surface area contributed by atoms with Gasteiger partial charge in [-0.2, -0.15) is 5.21 Å². The van der Waals surface area contributed by atoms with Gasteiger partial charge in [0.05, 0.1) is 26.3 Å². The van der Waals surface area contributed by atoms with Crippen LogP contribution in [0.1, 0.15) is 11.4 Å². The van der Waals surface area contributed by atoms with E-state index in [1.807, 2.05) is 0 Å². The van der Waals surface area contributed by atoms with E-state index in [4.69, 9.17) is 9.47 Å². The summed E-state index contributed by atoms with van der Waals surface area (Å²) in [5.41, 5.74) is 0.742. The van der Waals surface area contributed by atoms with Crippen molar-refractivity contribution in [3.05, 3.63) is 17.7 Å². The Morgan fingerprint density at radius 3 is 2.44 bits per heavy atom. The van der Waals surface area contributed by atoms with Gasteiger partial charge >= 0.3 is 0 Å². The van der Waals surface area contributed by atoms with E-state index in [0.29, 0.717) is 30.7 Å². The summed E-state index contributed by atoms with van der Waals surface area (Å²) in [6.45, 7) is 0.944. The van der Waals surface area contributed by atoms with Gasteiger partial charge in [-0.15, -0.1) is 10.2 Å². The number of methoxy groups -OCH3 is 2. The quantitative estimate of drug-likeness (QED) is 0.693. The largest absolute Gasteiger partial charge is 0.481 e. The van der Waals surface area contributed by atoms with Crippen molar-refractivity contribution in [3.63, 3.8) is 0 Å². The van der Waals surface area contributed by atoms with Crippen LogP contribution >= 0.6 is 0 Å². The molecule has 0 fully saturated rings. The Balaban J connectivity index is 2.03. The molecular formula is C9H13N7O2. The second kappa shape index (κ2) is 5.87. The molecule has 0 unspecified atom stereocenters. The minimum atomic E-state index is 0.470. The predicted octanol–water partition coefficient (Wildman–Crippen LogP) is -0.703. The van der Waals surface area contributed by atoms with Gasteiger partial charge in [0.1, 0.15) is 6.33 Å². The molecule has 0 aliphatic carbocycles. The average molecular weight is 251 g/mol. The van der Waals surface area contributed by atoms with E-state index in [1.54, 1.807) is 14.2 Å². The van der Waals surface area contributed by atoms with E-state index in [0.717, 1.165) is 5.56 Å². The van der Waals surface area contributed by atoms with Gasteiger partial charge < -0.3 is 14.8 Å². The molecule has 0 aromatic carbocycles. The topological polar surface area (TPSA) is 111 Å². The maximum Gasteiger partial charge on any atom is 0.224 e. The van der Waals surface area contributed by atoms with Crippen LogP contribution in [0.25, 0.3) is 0 Å². The summed E-state index contributed by atoms with van der Waals surface area (Å²) in [6, 6.07) is 0. The monoisotopic (exact) mass is 251 g/mol. The second-order valence-electron chi connectivity index (χ2n) is 3.30. The summed E-state index contributed by atoms with van der Waals surface area (Å²) in [6.07, 6.45) is 1.39.